The van der Waals surface area contributed by atoms with Gasteiger partial charge in [0, 0.05) is 11.3 Å². The van der Waals surface area contributed by atoms with Crippen LogP contribution in [0.4, 0.5) is 0 Å². The molecule has 0 aliphatic carbocycles. The van der Waals surface area contributed by atoms with Gasteiger partial charge in [0.05, 0.1) is 23.7 Å². The third kappa shape index (κ3) is 2.90. The van der Waals surface area contributed by atoms with E-state index < -0.39 is 0 Å². The number of nitriles is 1. The van der Waals surface area contributed by atoms with Gasteiger partial charge in [-0.05, 0) is 19.1 Å². The first-order valence-electron chi connectivity index (χ1n) is 6.99. The number of rotatable bonds is 4. The van der Waals surface area contributed by atoms with Crippen molar-refractivity contribution in [3.8, 4) is 23.0 Å². The number of hydrogen-bond acceptors (Lipinski definition) is 3. The first-order chi connectivity index (χ1) is 10.8. The van der Waals surface area contributed by atoms with Crippen LogP contribution in [-0.2, 0) is 0 Å². The molecule has 3 nitrogen and oxygen atoms in total. The van der Waals surface area contributed by atoms with Crippen molar-refractivity contribution in [1.29, 1.82) is 5.26 Å². The Kier molecular flexibility index (Phi) is 4.27. The number of nitrogens with zero attached hydrogens (tertiary/aromatic N) is 3. The first kappa shape index (κ1) is 14.4. The highest BCUT2D eigenvalue weighted by Gasteiger charge is 2.13. The third-order valence-electron chi connectivity index (χ3n) is 3.36. The highest BCUT2D eigenvalue weighted by Crippen LogP contribution is 2.29. The lowest BCUT2D eigenvalue weighted by Crippen LogP contribution is -1.99. The lowest BCUT2D eigenvalue weighted by Gasteiger charge is -2.11. The number of aryl methyl sites for hydroxylation is 1. The monoisotopic (exact) mass is 305 g/mol. The Labute approximate surface area is 134 Å². The number of aromatic nitrogens is 2. The SMILES string of the molecule is Cc1ccc(-n2c(-c3ccccc3)cnc2SCC#N)cc1. The Hall–Kier alpha value is -2.51. The van der Waals surface area contributed by atoms with Crippen LogP contribution in [0.2, 0.25) is 0 Å². The van der Waals surface area contributed by atoms with Crippen LogP contribution < -0.4 is 0 Å². The largest absolute Gasteiger partial charge is 0.287 e. The zero-order valence-corrected chi connectivity index (χ0v) is 13.0. The van der Waals surface area contributed by atoms with Gasteiger partial charge < -0.3 is 0 Å². The molecule has 3 rings (SSSR count). The molecule has 22 heavy (non-hydrogen) atoms. The maximum Gasteiger partial charge on any atom is 0.174 e. The van der Waals surface area contributed by atoms with Crippen molar-refractivity contribution < 1.29 is 0 Å². The third-order valence-corrected chi connectivity index (χ3v) is 4.18. The van der Waals surface area contributed by atoms with Crippen molar-refractivity contribution in [3.05, 3.63) is 66.4 Å². The molecule has 1 aromatic heterocycles. The van der Waals surface area contributed by atoms with Crippen molar-refractivity contribution in [3.63, 3.8) is 0 Å². The van der Waals surface area contributed by atoms with Gasteiger partial charge >= 0.3 is 0 Å². The number of benzene rings is 2. The summed E-state index contributed by atoms with van der Waals surface area (Å²) in [6.07, 6.45) is 1.87. The van der Waals surface area contributed by atoms with Crippen LogP contribution >= 0.6 is 11.8 Å². The average molecular weight is 305 g/mol. The van der Waals surface area contributed by atoms with Gasteiger partial charge in [-0.2, -0.15) is 5.26 Å². The molecule has 0 aliphatic rings. The summed E-state index contributed by atoms with van der Waals surface area (Å²) in [6, 6.07) is 20.7. The van der Waals surface area contributed by atoms with E-state index in [0.29, 0.717) is 5.75 Å². The molecule has 0 aliphatic heterocycles. The number of hydrogen-bond donors (Lipinski definition) is 0. The minimum absolute atomic E-state index is 0.386. The molecule has 0 fully saturated rings. The molecule has 0 saturated carbocycles. The molecule has 0 atom stereocenters. The van der Waals surface area contributed by atoms with Crippen molar-refractivity contribution in [2.75, 3.05) is 5.75 Å². The molecule has 2 aromatic carbocycles. The molecule has 4 heteroatoms. The Bertz CT molecular complexity index is 799. The van der Waals surface area contributed by atoms with Crippen LogP contribution in [0.15, 0.2) is 66.0 Å². The van der Waals surface area contributed by atoms with Gasteiger partial charge in [0.2, 0.25) is 0 Å². The zero-order valence-electron chi connectivity index (χ0n) is 12.2. The van der Waals surface area contributed by atoms with Gasteiger partial charge in [-0.15, -0.1) is 0 Å². The molecule has 3 aromatic rings. The molecule has 0 unspecified atom stereocenters. The van der Waals surface area contributed by atoms with E-state index in [1.807, 2.05) is 24.4 Å². The maximum absolute atomic E-state index is 8.84. The van der Waals surface area contributed by atoms with Crippen LogP contribution in [0.5, 0.6) is 0 Å². The van der Waals surface area contributed by atoms with E-state index >= 15 is 0 Å². The van der Waals surface area contributed by atoms with Crippen molar-refractivity contribution in [2.24, 2.45) is 0 Å². The molecule has 0 amide bonds. The van der Waals surface area contributed by atoms with E-state index in [4.69, 9.17) is 5.26 Å². The summed E-state index contributed by atoms with van der Waals surface area (Å²) in [5.74, 6) is 0.386. The van der Waals surface area contributed by atoms with Crippen molar-refractivity contribution in [1.82, 2.24) is 9.55 Å². The summed E-state index contributed by atoms with van der Waals surface area (Å²) in [4.78, 5) is 4.50. The number of thioether (sulfide) groups is 1. The summed E-state index contributed by atoms with van der Waals surface area (Å²) >= 11 is 1.45. The van der Waals surface area contributed by atoms with Gasteiger partial charge in [-0.1, -0.05) is 59.8 Å². The van der Waals surface area contributed by atoms with E-state index in [1.54, 1.807) is 0 Å². The highest BCUT2D eigenvalue weighted by atomic mass is 32.2. The molecular weight excluding hydrogens is 290 g/mol. The van der Waals surface area contributed by atoms with Gasteiger partial charge in [0.1, 0.15) is 0 Å². The van der Waals surface area contributed by atoms with Crippen LogP contribution in [0.3, 0.4) is 0 Å². The lowest BCUT2D eigenvalue weighted by atomic mass is 10.1. The fourth-order valence-corrected chi connectivity index (χ4v) is 2.94. The molecule has 0 bridgehead atoms. The molecule has 108 valence electrons. The fourth-order valence-electron chi connectivity index (χ4n) is 2.29. The molecule has 0 radical (unpaired) electrons. The summed E-state index contributed by atoms with van der Waals surface area (Å²) in [7, 11) is 0. The fraction of sp³-hybridized carbons (Fsp3) is 0.111. The lowest BCUT2D eigenvalue weighted by molar-refractivity contribution is 0.901. The Balaban J connectivity index is 2.13. The molecule has 0 spiro atoms. The minimum atomic E-state index is 0.386. The van der Waals surface area contributed by atoms with Gasteiger partial charge in [-0.3, -0.25) is 4.57 Å². The van der Waals surface area contributed by atoms with Crippen LogP contribution in [0, 0.1) is 18.3 Å². The van der Waals surface area contributed by atoms with Crippen molar-refractivity contribution >= 4 is 11.8 Å². The standard InChI is InChI=1S/C18H15N3S/c1-14-7-9-16(10-8-14)21-17(15-5-3-2-4-6-15)13-20-18(21)22-12-11-19/h2-10,13H,12H2,1H3. The van der Waals surface area contributed by atoms with Crippen LogP contribution in [0.25, 0.3) is 16.9 Å². The molecule has 0 saturated heterocycles. The molecule has 1 heterocycles. The highest BCUT2D eigenvalue weighted by molar-refractivity contribution is 7.99. The Morgan fingerprint density at radius 1 is 1.09 bits per heavy atom. The maximum atomic E-state index is 8.84. The summed E-state index contributed by atoms with van der Waals surface area (Å²) in [5.41, 5.74) is 4.42. The van der Waals surface area contributed by atoms with Crippen LogP contribution in [0.1, 0.15) is 5.56 Å². The average Bonchev–Trinajstić information content (AvgIpc) is 2.98. The summed E-state index contributed by atoms with van der Waals surface area (Å²) in [5, 5.41) is 9.68. The quantitative estimate of drug-likeness (QED) is 0.668. The predicted molar refractivity (Wildman–Crippen MR) is 90.1 cm³/mol. The normalized spacial score (nSPS) is 10.4. The summed E-state index contributed by atoms with van der Waals surface area (Å²) in [6.45, 7) is 2.07. The minimum Gasteiger partial charge on any atom is -0.287 e. The van der Waals surface area contributed by atoms with Gasteiger partial charge in [-0.25, -0.2) is 4.98 Å². The van der Waals surface area contributed by atoms with E-state index in [1.165, 1.54) is 17.3 Å². The predicted octanol–water partition coefficient (Wildman–Crippen LogP) is 4.46. The van der Waals surface area contributed by atoms with E-state index in [0.717, 1.165) is 22.1 Å². The van der Waals surface area contributed by atoms with Gasteiger partial charge in [0.25, 0.3) is 0 Å². The smallest absolute Gasteiger partial charge is 0.174 e. The van der Waals surface area contributed by atoms with Crippen LogP contribution in [-0.4, -0.2) is 15.3 Å². The second kappa shape index (κ2) is 6.50. The molecular formula is C18H15N3S. The van der Waals surface area contributed by atoms with Crippen molar-refractivity contribution in [2.45, 2.75) is 12.1 Å². The molecule has 0 N–H and O–H groups in total. The first-order valence-corrected chi connectivity index (χ1v) is 7.98. The second-order valence-corrected chi connectivity index (χ2v) is 5.85. The number of imidazole rings is 1. The zero-order chi connectivity index (χ0) is 15.4. The Morgan fingerprint density at radius 3 is 2.50 bits per heavy atom. The van der Waals surface area contributed by atoms with E-state index in [2.05, 4.69) is 58.9 Å². The van der Waals surface area contributed by atoms with E-state index in [-0.39, 0.29) is 0 Å². The second-order valence-electron chi connectivity index (χ2n) is 4.91. The van der Waals surface area contributed by atoms with E-state index in [9.17, 15) is 0 Å². The summed E-state index contributed by atoms with van der Waals surface area (Å²) < 4.78 is 2.11. The Morgan fingerprint density at radius 2 is 1.82 bits per heavy atom. The van der Waals surface area contributed by atoms with Gasteiger partial charge in [0.15, 0.2) is 5.16 Å². The topological polar surface area (TPSA) is 41.6 Å².